The van der Waals surface area contributed by atoms with Gasteiger partial charge in [0, 0.05) is 17.1 Å². The molecule has 3 N–H and O–H groups in total. The summed E-state index contributed by atoms with van der Waals surface area (Å²) in [6, 6.07) is 5.99. The molecule has 0 radical (unpaired) electrons. The van der Waals surface area contributed by atoms with Crippen LogP contribution in [0.2, 0.25) is 0 Å². The number of hydrogen-bond acceptors (Lipinski definition) is 4. The average Bonchev–Trinajstić information content (AvgIpc) is 2.85. The fourth-order valence-electron chi connectivity index (χ4n) is 1.90. The first kappa shape index (κ1) is 10.5. The second kappa shape index (κ2) is 3.96. The number of nitrogens with two attached hydrogens (primary N) is 1. The molecule has 0 fully saturated rings. The first-order chi connectivity index (χ1) is 8.78. The normalized spacial score (nSPS) is 10.7. The Bertz CT molecular complexity index is 729. The van der Waals surface area contributed by atoms with Crippen molar-refractivity contribution in [2.75, 3.05) is 5.73 Å². The third-order valence-electron chi connectivity index (χ3n) is 2.78. The maximum Gasteiger partial charge on any atom is 0.220 e. The molecule has 3 rings (SSSR count). The van der Waals surface area contributed by atoms with Crippen LogP contribution in [0.25, 0.3) is 28.1 Å². The molecule has 0 aliphatic carbocycles. The summed E-state index contributed by atoms with van der Waals surface area (Å²) in [5.74, 6) is 0.248. The molecular weight excluding hydrogens is 226 g/mol. The topological polar surface area (TPSA) is 80.5 Å². The van der Waals surface area contributed by atoms with Crippen LogP contribution in [0.15, 0.2) is 37.2 Å². The number of rotatable bonds is 2. The number of aromatic amines is 1. The molecule has 2 aromatic heterocycles. The van der Waals surface area contributed by atoms with Gasteiger partial charge in [-0.2, -0.15) is 5.10 Å². The molecule has 0 saturated carbocycles. The van der Waals surface area contributed by atoms with Gasteiger partial charge < -0.3 is 5.73 Å². The number of anilines is 1. The number of nitrogens with one attached hydrogen (secondary N) is 1. The molecule has 0 unspecified atom stereocenters. The number of hydrogen-bond donors (Lipinski definition) is 2. The van der Waals surface area contributed by atoms with E-state index in [9.17, 15) is 0 Å². The van der Waals surface area contributed by atoms with Crippen molar-refractivity contribution in [2.45, 2.75) is 0 Å². The second-order valence-corrected chi connectivity index (χ2v) is 3.90. The molecule has 88 valence electrons. The molecule has 0 amide bonds. The zero-order chi connectivity index (χ0) is 12.5. The molecule has 0 spiro atoms. The van der Waals surface area contributed by atoms with Gasteiger partial charge in [0.05, 0.1) is 17.4 Å². The number of aromatic nitrogens is 4. The van der Waals surface area contributed by atoms with E-state index in [2.05, 4.69) is 26.7 Å². The Balaban J connectivity index is 2.21. The standard InChI is InChI=1S/C13H11N5/c1-2-11-10(7-15-13(14)17-11)8-3-4-12-9(5-8)6-16-18-12/h2-7H,1H2,(H,16,18)(H2,14,15,17). The van der Waals surface area contributed by atoms with Crippen LogP contribution in [0, 0.1) is 0 Å². The van der Waals surface area contributed by atoms with Gasteiger partial charge in [0.25, 0.3) is 0 Å². The van der Waals surface area contributed by atoms with E-state index >= 15 is 0 Å². The molecular formula is C13H11N5. The van der Waals surface area contributed by atoms with Gasteiger partial charge in [-0.1, -0.05) is 12.6 Å². The summed E-state index contributed by atoms with van der Waals surface area (Å²) >= 11 is 0. The minimum Gasteiger partial charge on any atom is -0.368 e. The second-order valence-electron chi connectivity index (χ2n) is 3.90. The lowest BCUT2D eigenvalue weighted by Gasteiger charge is -2.05. The lowest BCUT2D eigenvalue weighted by molar-refractivity contribution is 1.12. The molecule has 0 atom stereocenters. The molecule has 0 saturated heterocycles. The summed E-state index contributed by atoms with van der Waals surface area (Å²) in [5, 5.41) is 7.95. The highest BCUT2D eigenvalue weighted by atomic mass is 15.1. The summed E-state index contributed by atoms with van der Waals surface area (Å²) in [6.07, 6.45) is 5.16. The van der Waals surface area contributed by atoms with Gasteiger partial charge >= 0.3 is 0 Å². The van der Waals surface area contributed by atoms with Gasteiger partial charge in [0.15, 0.2) is 0 Å². The summed E-state index contributed by atoms with van der Waals surface area (Å²) in [5.41, 5.74) is 9.21. The van der Waals surface area contributed by atoms with Crippen molar-refractivity contribution in [1.29, 1.82) is 0 Å². The summed E-state index contributed by atoms with van der Waals surface area (Å²) in [6.45, 7) is 3.75. The molecule has 0 aliphatic rings. The zero-order valence-corrected chi connectivity index (χ0v) is 9.59. The third kappa shape index (κ3) is 1.62. The van der Waals surface area contributed by atoms with Crippen LogP contribution in [0.1, 0.15) is 5.69 Å². The van der Waals surface area contributed by atoms with E-state index < -0.39 is 0 Å². The van der Waals surface area contributed by atoms with Crippen molar-refractivity contribution in [2.24, 2.45) is 0 Å². The van der Waals surface area contributed by atoms with Gasteiger partial charge in [-0.25, -0.2) is 9.97 Å². The summed E-state index contributed by atoms with van der Waals surface area (Å²) in [7, 11) is 0. The van der Waals surface area contributed by atoms with Crippen LogP contribution < -0.4 is 5.73 Å². The van der Waals surface area contributed by atoms with E-state index in [1.165, 1.54) is 0 Å². The number of benzene rings is 1. The van der Waals surface area contributed by atoms with Crippen LogP contribution >= 0.6 is 0 Å². The Morgan fingerprint density at radius 2 is 2.17 bits per heavy atom. The Morgan fingerprint density at radius 3 is 3.00 bits per heavy atom. The van der Waals surface area contributed by atoms with Gasteiger partial charge in [-0.3, -0.25) is 5.10 Å². The van der Waals surface area contributed by atoms with Crippen LogP contribution in [-0.4, -0.2) is 20.2 Å². The smallest absolute Gasteiger partial charge is 0.220 e. The van der Waals surface area contributed by atoms with E-state index in [0.717, 1.165) is 27.7 Å². The first-order valence-electron chi connectivity index (χ1n) is 5.46. The zero-order valence-electron chi connectivity index (χ0n) is 9.59. The van der Waals surface area contributed by atoms with Gasteiger partial charge in [0.2, 0.25) is 5.95 Å². The fourth-order valence-corrected chi connectivity index (χ4v) is 1.90. The molecule has 5 heteroatoms. The van der Waals surface area contributed by atoms with Crippen molar-refractivity contribution >= 4 is 22.9 Å². The van der Waals surface area contributed by atoms with Crippen molar-refractivity contribution in [3.8, 4) is 11.1 Å². The molecule has 0 bridgehead atoms. The minimum atomic E-state index is 0.248. The number of nitrogen functional groups attached to an aromatic ring is 1. The highest BCUT2D eigenvalue weighted by Crippen LogP contribution is 2.26. The quantitative estimate of drug-likeness (QED) is 0.716. The Labute approximate surface area is 103 Å². The van der Waals surface area contributed by atoms with Crippen LogP contribution in [0.4, 0.5) is 5.95 Å². The molecule has 18 heavy (non-hydrogen) atoms. The van der Waals surface area contributed by atoms with E-state index in [4.69, 9.17) is 5.73 Å². The third-order valence-corrected chi connectivity index (χ3v) is 2.78. The van der Waals surface area contributed by atoms with Crippen LogP contribution in [0.5, 0.6) is 0 Å². The van der Waals surface area contributed by atoms with E-state index in [0.29, 0.717) is 0 Å². The fraction of sp³-hybridized carbons (Fsp3) is 0. The minimum absolute atomic E-state index is 0.248. The predicted molar refractivity (Wildman–Crippen MR) is 71.6 cm³/mol. The van der Waals surface area contributed by atoms with Crippen LogP contribution in [0.3, 0.4) is 0 Å². The predicted octanol–water partition coefficient (Wildman–Crippen LogP) is 2.25. The van der Waals surface area contributed by atoms with Crippen molar-refractivity contribution in [3.05, 3.63) is 42.9 Å². The van der Waals surface area contributed by atoms with Gasteiger partial charge in [0.1, 0.15) is 0 Å². The number of fused-ring (bicyclic) bond motifs is 1. The lowest BCUT2D eigenvalue weighted by atomic mass is 10.0. The highest BCUT2D eigenvalue weighted by molar-refractivity contribution is 5.85. The monoisotopic (exact) mass is 237 g/mol. The summed E-state index contributed by atoms with van der Waals surface area (Å²) < 4.78 is 0. The van der Waals surface area contributed by atoms with Gasteiger partial charge in [-0.05, 0) is 23.8 Å². The van der Waals surface area contributed by atoms with E-state index in [-0.39, 0.29) is 5.95 Å². The van der Waals surface area contributed by atoms with Gasteiger partial charge in [-0.15, -0.1) is 0 Å². The lowest BCUT2D eigenvalue weighted by Crippen LogP contribution is -1.97. The highest BCUT2D eigenvalue weighted by Gasteiger charge is 2.07. The van der Waals surface area contributed by atoms with Crippen molar-refractivity contribution in [1.82, 2.24) is 20.2 Å². The van der Waals surface area contributed by atoms with E-state index in [1.807, 2.05) is 18.2 Å². The largest absolute Gasteiger partial charge is 0.368 e. The molecule has 2 heterocycles. The van der Waals surface area contributed by atoms with Crippen LogP contribution in [-0.2, 0) is 0 Å². The van der Waals surface area contributed by atoms with E-state index in [1.54, 1.807) is 18.5 Å². The molecule has 5 nitrogen and oxygen atoms in total. The Hall–Kier alpha value is -2.69. The van der Waals surface area contributed by atoms with Crippen molar-refractivity contribution < 1.29 is 0 Å². The maximum atomic E-state index is 5.57. The van der Waals surface area contributed by atoms with Crippen molar-refractivity contribution in [3.63, 3.8) is 0 Å². The molecule has 1 aromatic carbocycles. The number of H-pyrrole nitrogens is 1. The summed E-state index contributed by atoms with van der Waals surface area (Å²) in [4.78, 5) is 8.19. The average molecular weight is 237 g/mol. The SMILES string of the molecule is C=Cc1nc(N)ncc1-c1ccc2[nH]ncc2c1. The molecule has 3 aromatic rings. The Morgan fingerprint density at radius 1 is 1.28 bits per heavy atom. The first-order valence-corrected chi connectivity index (χ1v) is 5.46. The Kier molecular flexibility index (Phi) is 2.30. The molecule has 0 aliphatic heterocycles. The maximum absolute atomic E-state index is 5.57. The number of nitrogens with zero attached hydrogens (tertiary/aromatic N) is 3.